The van der Waals surface area contributed by atoms with E-state index in [1.165, 1.54) is 29.8 Å². The lowest BCUT2D eigenvalue weighted by Gasteiger charge is -2.24. The first kappa shape index (κ1) is 12.2. The molecule has 2 aromatic heterocycles. The van der Waals surface area contributed by atoms with E-state index < -0.39 is 0 Å². The van der Waals surface area contributed by atoms with Gasteiger partial charge in [0, 0.05) is 17.1 Å². The molecule has 0 saturated carbocycles. The third kappa shape index (κ3) is 2.60. The fraction of sp³-hybridized carbons (Fsp3) is 0.462. The SMILES string of the molecule is Clc1ccc(Cn2cncc2C2CCCCN2)s1. The lowest BCUT2D eigenvalue weighted by molar-refractivity contribution is 0.396. The topological polar surface area (TPSA) is 29.9 Å². The minimum Gasteiger partial charge on any atom is -0.328 e. The molecule has 1 aliphatic heterocycles. The van der Waals surface area contributed by atoms with Crippen LogP contribution in [0.4, 0.5) is 0 Å². The third-order valence-corrected chi connectivity index (χ3v) is 4.58. The molecule has 1 unspecified atom stereocenters. The number of aromatic nitrogens is 2. The molecule has 1 fully saturated rings. The maximum Gasteiger partial charge on any atom is 0.0952 e. The van der Waals surface area contributed by atoms with Gasteiger partial charge in [0.2, 0.25) is 0 Å². The largest absolute Gasteiger partial charge is 0.328 e. The molecule has 1 saturated heterocycles. The van der Waals surface area contributed by atoms with Gasteiger partial charge in [-0.2, -0.15) is 0 Å². The molecule has 18 heavy (non-hydrogen) atoms. The number of imidazole rings is 1. The Morgan fingerprint density at radius 3 is 3.11 bits per heavy atom. The summed E-state index contributed by atoms with van der Waals surface area (Å²) in [5.41, 5.74) is 1.29. The smallest absolute Gasteiger partial charge is 0.0952 e. The van der Waals surface area contributed by atoms with Gasteiger partial charge in [-0.3, -0.25) is 0 Å². The second-order valence-electron chi connectivity index (χ2n) is 4.65. The van der Waals surface area contributed by atoms with Gasteiger partial charge in [0.05, 0.1) is 22.9 Å². The molecule has 1 N–H and O–H groups in total. The van der Waals surface area contributed by atoms with Crippen molar-refractivity contribution >= 4 is 22.9 Å². The molecule has 0 amide bonds. The lowest BCUT2D eigenvalue weighted by Crippen LogP contribution is -2.28. The van der Waals surface area contributed by atoms with E-state index in [9.17, 15) is 0 Å². The molecular weight excluding hydrogens is 266 g/mol. The van der Waals surface area contributed by atoms with Gasteiger partial charge < -0.3 is 9.88 Å². The van der Waals surface area contributed by atoms with Gasteiger partial charge in [0.15, 0.2) is 0 Å². The summed E-state index contributed by atoms with van der Waals surface area (Å²) in [6.07, 6.45) is 7.69. The molecule has 3 heterocycles. The average molecular weight is 282 g/mol. The van der Waals surface area contributed by atoms with Crippen LogP contribution >= 0.6 is 22.9 Å². The molecule has 0 radical (unpaired) electrons. The van der Waals surface area contributed by atoms with Crippen molar-refractivity contribution in [2.75, 3.05) is 6.54 Å². The van der Waals surface area contributed by atoms with Crippen LogP contribution in [0.3, 0.4) is 0 Å². The number of halogens is 1. The molecule has 2 aromatic rings. The number of piperidine rings is 1. The van der Waals surface area contributed by atoms with E-state index in [1.807, 2.05) is 18.6 Å². The van der Waals surface area contributed by atoms with E-state index in [0.717, 1.165) is 17.4 Å². The summed E-state index contributed by atoms with van der Waals surface area (Å²) in [6.45, 7) is 1.98. The summed E-state index contributed by atoms with van der Waals surface area (Å²) in [6, 6.07) is 4.50. The Balaban J connectivity index is 1.78. The van der Waals surface area contributed by atoms with Crippen molar-refractivity contribution in [3.05, 3.63) is 39.6 Å². The quantitative estimate of drug-likeness (QED) is 0.934. The maximum atomic E-state index is 5.97. The van der Waals surface area contributed by atoms with Gasteiger partial charge in [-0.15, -0.1) is 11.3 Å². The predicted molar refractivity (Wildman–Crippen MR) is 75.3 cm³/mol. The second-order valence-corrected chi connectivity index (χ2v) is 6.45. The first-order valence-electron chi connectivity index (χ1n) is 6.30. The Morgan fingerprint density at radius 1 is 1.44 bits per heavy atom. The van der Waals surface area contributed by atoms with Crippen molar-refractivity contribution in [2.24, 2.45) is 0 Å². The Kier molecular flexibility index (Phi) is 3.68. The van der Waals surface area contributed by atoms with Crippen molar-refractivity contribution in [2.45, 2.75) is 31.8 Å². The second kappa shape index (κ2) is 5.43. The van der Waals surface area contributed by atoms with E-state index in [1.54, 1.807) is 11.3 Å². The van der Waals surface area contributed by atoms with Crippen LogP contribution in [0.1, 0.15) is 35.9 Å². The standard InChI is InChI=1S/C13H16ClN3S/c14-13-5-4-10(18-13)8-17-9-15-7-12(17)11-3-1-2-6-16-11/h4-5,7,9,11,16H,1-3,6,8H2. The van der Waals surface area contributed by atoms with Crippen molar-refractivity contribution in [3.8, 4) is 0 Å². The van der Waals surface area contributed by atoms with Gasteiger partial charge in [0.25, 0.3) is 0 Å². The average Bonchev–Trinajstić information content (AvgIpc) is 3.00. The summed E-state index contributed by atoms with van der Waals surface area (Å²) < 4.78 is 3.08. The Morgan fingerprint density at radius 2 is 2.39 bits per heavy atom. The first-order valence-corrected chi connectivity index (χ1v) is 7.50. The molecular formula is C13H16ClN3S. The summed E-state index contributed by atoms with van der Waals surface area (Å²) in [5, 5.41) is 3.57. The molecule has 0 aromatic carbocycles. The zero-order valence-electron chi connectivity index (χ0n) is 10.1. The molecule has 3 nitrogen and oxygen atoms in total. The highest BCUT2D eigenvalue weighted by molar-refractivity contribution is 7.16. The molecule has 96 valence electrons. The maximum absolute atomic E-state index is 5.97. The number of nitrogens with zero attached hydrogens (tertiary/aromatic N) is 2. The van der Waals surface area contributed by atoms with E-state index in [-0.39, 0.29) is 0 Å². The number of rotatable bonds is 3. The van der Waals surface area contributed by atoms with Crippen molar-refractivity contribution in [3.63, 3.8) is 0 Å². The Bertz CT molecular complexity index is 514. The van der Waals surface area contributed by atoms with E-state index in [0.29, 0.717) is 6.04 Å². The zero-order valence-corrected chi connectivity index (χ0v) is 11.7. The van der Waals surface area contributed by atoms with Crippen LogP contribution in [0.2, 0.25) is 4.34 Å². The summed E-state index contributed by atoms with van der Waals surface area (Å²) in [4.78, 5) is 5.57. The van der Waals surface area contributed by atoms with Crippen LogP contribution in [-0.4, -0.2) is 16.1 Å². The van der Waals surface area contributed by atoms with E-state index in [2.05, 4.69) is 20.9 Å². The van der Waals surface area contributed by atoms with Crippen LogP contribution < -0.4 is 5.32 Å². The van der Waals surface area contributed by atoms with E-state index in [4.69, 9.17) is 11.6 Å². The fourth-order valence-electron chi connectivity index (χ4n) is 2.46. The van der Waals surface area contributed by atoms with Crippen molar-refractivity contribution < 1.29 is 0 Å². The van der Waals surface area contributed by atoms with Crippen LogP contribution in [0.25, 0.3) is 0 Å². The monoisotopic (exact) mass is 281 g/mol. The number of hydrogen-bond acceptors (Lipinski definition) is 3. The fourth-order valence-corrected chi connectivity index (χ4v) is 3.55. The minimum atomic E-state index is 0.455. The molecule has 1 atom stereocenters. The molecule has 3 rings (SSSR count). The lowest BCUT2D eigenvalue weighted by atomic mass is 10.0. The molecule has 1 aliphatic rings. The van der Waals surface area contributed by atoms with Gasteiger partial charge in [-0.25, -0.2) is 4.98 Å². The van der Waals surface area contributed by atoms with Crippen molar-refractivity contribution in [1.29, 1.82) is 0 Å². The molecule has 0 spiro atoms. The molecule has 5 heteroatoms. The molecule has 0 bridgehead atoms. The highest BCUT2D eigenvalue weighted by atomic mass is 35.5. The summed E-state index contributed by atoms with van der Waals surface area (Å²) in [5.74, 6) is 0. The van der Waals surface area contributed by atoms with Crippen LogP contribution in [0.15, 0.2) is 24.7 Å². The predicted octanol–water partition coefficient (Wildman–Crippen LogP) is 3.46. The highest BCUT2D eigenvalue weighted by Gasteiger charge is 2.18. The first-order chi connectivity index (χ1) is 8.83. The highest BCUT2D eigenvalue weighted by Crippen LogP contribution is 2.26. The van der Waals surface area contributed by atoms with Gasteiger partial charge in [-0.1, -0.05) is 18.0 Å². The van der Waals surface area contributed by atoms with Crippen LogP contribution in [0.5, 0.6) is 0 Å². The zero-order chi connectivity index (χ0) is 12.4. The summed E-state index contributed by atoms with van der Waals surface area (Å²) >= 11 is 7.61. The Labute approximate surface area is 116 Å². The van der Waals surface area contributed by atoms with Gasteiger partial charge >= 0.3 is 0 Å². The van der Waals surface area contributed by atoms with Crippen LogP contribution in [-0.2, 0) is 6.54 Å². The number of thiophene rings is 1. The van der Waals surface area contributed by atoms with Crippen LogP contribution in [0, 0.1) is 0 Å². The molecule has 0 aliphatic carbocycles. The normalized spacial score (nSPS) is 20.2. The minimum absolute atomic E-state index is 0.455. The number of nitrogens with one attached hydrogen (secondary N) is 1. The van der Waals surface area contributed by atoms with Gasteiger partial charge in [-0.05, 0) is 31.5 Å². The Hall–Kier alpha value is -0.840. The number of hydrogen-bond donors (Lipinski definition) is 1. The third-order valence-electron chi connectivity index (χ3n) is 3.37. The van der Waals surface area contributed by atoms with Gasteiger partial charge in [0.1, 0.15) is 0 Å². The summed E-state index contributed by atoms with van der Waals surface area (Å²) in [7, 11) is 0. The van der Waals surface area contributed by atoms with E-state index >= 15 is 0 Å². The van der Waals surface area contributed by atoms with Crippen molar-refractivity contribution in [1.82, 2.24) is 14.9 Å².